The standard InChI is InChI=1S/C54H38N2O/c1-56-50(38-15-4-2-5-16-38)35-49(55-53(56)39-17-6-3-7-18-39)37-29-27-36(28-30-37)40-19-14-20-41(33-40)42-31-32-46-44(34-42)43-21-8-9-22-45(43)54(46)47-23-10-12-25-51(47)57-52-26-13-11-24-48(52)54/h2-35,50H,1H3. The average Bonchev–Trinajstić information content (AvgIpc) is 3.57. The minimum absolute atomic E-state index is 0.0652. The highest BCUT2D eigenvalue weighted by Gasteiger charge is 2.50. The Hall–Kier alpha value is -7.23. The van der Waals surface area contributed by atoms with E-state index in [1.54, 1.807) is 0 Å². The molecule has 0 saturated heterocycles. The molecule has 2 heterocycles. The van der Waals surface area contributed by atoms with Gasteiger partial charge in [-0.1, -0.05) is 176 Å². The maximum absolute atomic E-state index is 6.52. The summed E-state index contributed by atoms with van der Waals surface area (Å²) in [7, 11) is 2.13. The van der Waals surface area contributed by atoms with Crippen LogP contribution in [0.4, 0.5) is 0 Å². The maximum Gasteiger partial charge on any atom is 0.137 e. The van der Waals surface area contributed by atoms with Gasteiger partial charge in [0.1, 0.15) is 17.3 Å². The molecule has 3 heteroatoms. The zero-order valence-electron chi connectivity index (χ0n) is 31.5. The molecule has 57 heavy (non-hydrogen) atoms. The molecule has 0 aromatic heterocycles. The zero-order valence-corrected chi connectivity index (χ0v) is 31.5. The highest BCUT2D eigenvalue weighted by Crippen LogP contribution is 2.62. The van der Waals surface area contributed by atoms with E-state index in [-0.39, 0.29) is 6.04 Å². The number of rotatable bonds is 5. The Balaban J connectivity index is 0.965. The number of hydrogen-bond donors (Lipinski definition) is 0. The van der Waals surface area contributed by atoms with Gasteiger partial charge in [-0.05, 0) is 86.0 Å². The largest absolute Gasteiger partial charge is 0.457 e. The molecule has 3 nitrogen and oxygen atoms in total. The number of aliphatic imine (C=N–C) groups is 1. The Morgan fingerprint density at radius 1 is 0.439 bits per heavy atom. The molecule has 1 unspecified atom stereocenters. The molecule has 0 radical (unpaired) electrons. The molecule has 0 saturated carbocycles. The van der Waals surface area contributed by atoms with E-state index < -0.39 is 5.41 Å². The van der Waals surface area contributed by atoms with Crippen molar-refractivity contribution in [3.63, 3.8) is 0 Å². The smallest absolute Gasteiger partial charge is 0.137 e. The topological polar surface area (TPSA) is 24.8 Å². The van der Waals surface area contributed by atoms with E-state index in [2.05, 4.69) is 218 Å². The summed E-state index contributed by atoms with van der Waals surface area (Å²) in [6, 6.07) is 72.0. The summed E-state index contributed by atoms with van der Waals surface area (Å²) in [5, 5.41) is 0. The van der Waals surface area contributed by atoms with Crippen LogP contribution >= 0.6 is 0 Å². The molecule has 11 rings (SSSR count). The van der Waals surface area contributed by atoms with Gasteiger partial charge in [0.05, 0.1) is 17.2 Å². The highest BCUT2D eigenvalue weighted by molar-refractivity contribution is 6.03. The fourth-order valence-electron chi connectivity index (χ4n) is 9.36. The monoisotopic (exact) mass is 730 g/mol. The van der Waals surface area contributed by atoms with Gasteiger partial charge in [0.25, 0.3) is 0 Å². The second-order valence-electron chi connectivity index (χ2n) is 15.1. The van der Waals surface area contributed by atoms with Gasteiger partial charge in [0.2, 0.25) is 0 Å². The van der Waals surface area contributed by atoms with Crippen LogP contribution in [0.5, 0.6) is 11.5 Å². The fourth-order valence-corrected chi connectivity index (χ4v) is 9.36. The van der Waals surface area contributed by atoms with Crippen LogP contribution < -0.4 is 4.74 Å². The van der Waals surface area contributed by atoms with Crippen LogP contribution in [0.3, 0.4) is 0 Å². The van der Waals surface area contributed by atoms with Crippen molar-refractivity contribution in [2.75, 3.05) is 7.05 Å². The molecule has 270 valence electrons. The lowest BCUT2D eigenvalue weighted by Crippen LogP contribution is -2.33. The lowest BCUT2D eigenvalue weighted by molar-refractivity contribution is 0.435. The molecule has 0 bridgehead atoms. The van der Waals surface area contributed by atoms with Crippen LogP contribution in [0.1, 0.15) is 45.0 Å². The number of likely N-dealkylation sites (N-methyl/N-ethyl adjacent to an activating group) is 1. The molecule has 1 spiro atoms. The lowest BCUT2D eigenvalue weighted by atomic mass is 9.66. The number of para-hydroxylation sites is 2. The summed E-state index contributed by atoms with van der Waals surface area (Å²) in [4.78, 5) is 7.50. The molecule has 0 amide bonds. The highest BCUT2D eigenvalue weighted by atomic mass is 16.5. The van der Waals surface area contributed by atoms with Crippen LogP contribution in [0.15, 0.2) is 211 Å². The van der Waals surface area contributed by atoms with Gasteiger partial charge < -0.3 is 9.64 Å². The van der Waals surface area contributed by atoms with Gasteiger partial charge in [-0.2, -0.15) is 0 Å². The summed E-state index contributed by atoms with van der Waals surface area (Å²) in [5.74, 6) is 2.79. The molecule has 0 N–H and O–H groups in total. The first-order valence-corrected chi connectivity index (χ1v) is 19.6. The van der Waals surface area contributed by atoms with Gasteiger partial charge in [0, 0.05) is 23.7 Å². The van der Waals surface area contributed by atoms with Crippen LogP contribution in [0.2, 0.25) is 0 Å². The zero-order chi connectivity index (χ0) is 37.9. The number of amidine groups is 1. The number of hydrogen-bond acceptors (Lipinski definition) is 3. The normalized spacial score (nSPS) is 15.7. The van der Waals surface area contributed by atoms with Gasteiger partial charge in [-0.3, -0.25) is 0 Å². The minimum Gasteiger partial charge on any atom is -0.457 e. The van der Waals surface area contributed by atoms with Crippen LogP contribution in [-0.4, -0.2) is 17.8 Å². The van der Waals surface area contributed by atoms with E-state index in [0.29, 0.717) is 0 Å². The Morgan fingerprint density at radius 2 is 0.965 bits per heavy atom. The Morgan fingerprint density at radius 3 is 1.68 bits per heavy atom. The molecule has 8 aromatic carbocycles. The van der Waals surface area contributed by atoms with Crippen LogP contribution in [0.25, 0.3) is 39.1 Å². The second kappa shape index (κ2) is 13.2. The molecule has 0 fully saturated rings. The molecule has 8 aromatic rings. The van der Waals surface area contributed by atoms with Crippen LogP contribution in [-0.2, 0) is 5.41 Å². The maximum atomic E-state index is 6.52. The van der Waals surface area contributed by atoms with Gasteiger partial charge in [0.15, 0.2) is 0 Å². The SMILES string of the molecule is CN1C(c2ccccc2)=NC(c2ccc(-c3cccc(-c4ccc5c(c4)-c4ccccc4C54c5ccccc5Oc5ccccc54)c3)cc2)=CC1c1ccccc1. The van der Waals surface area contributed by atoms with E-state index in [4.69, 9.17) is 9.73 Å². The summed E-state index contributed by atoms with van der Waals surface area (Å²) >= 11 is 0. The van der Waals surface area contributed by atoms with Gasteiger partial charge in [-0.15, -0.1) is 0 Å². The Bertz CT molecular complexity index is 2840. The molecular weight excluding hydrogens is 693 g/mol. The van der Waals surface area contributed by atoms with Crippen molar-refractivity contribution >= 4 is 11.5 Å². The van der Waals surface area contributed by atoms with Gasteiger partial charge >= 0.3 is 0 Å². The molecule has 1 atom stereocenters. The molecule has 2 aliphatic heterocycles. The number of nitrogens with zero attached hydrogens (tertiary/aromatic N) is 2. The number of benzene rings is 8. The number of ether oxygens (including phenoxy) is 1. The Kier molecular flexibility index (Phi) is 7.68. The van der Waals surface area contributed by atoms with E-state index in [0.717, 1.165) is 34.2 Å². The molecule has 3 aliphatic rings. The summed E-state index contributed by atoms with van der Waals surface area (Å²) in [5.41, 5.74) is 16.2. The summed E-state index contributed by atoms with van der Waals surface area (Å²) < 4.78 is 6.52. The van der Waals surface area contributed by atoms with Crippen molar-refractivity contribution in [2.45, 2.75) is 11.5 Å². The summed E-state index contributed by atoms with van der Waals surface area (Å²) in [6.07, 6.45) is 2.28. The molecular formula is C54H38N2O. The minimum atomic E-state index is -0.463. The third-order valence-corrected chi connectivity index (χ3v) is 12.0. The van der Waals surface area contributed by atoms with E-state index in [1.807, 2.05) is 0 Å². The van der Waals surface area contributed by atoms with E-state index in [9.17, 15) is 0 Å². The van der Waals surface area contributed by atoms with E-state index >= 15 is 0 Å². The van der Waals surface area contributed by atoms with E-state index in [1.165, 1.54) is 61.2 Å². The van der Waals surface area contributed by atoms with Crippen LogP contribution in [0, 0.1) is 0 Å². The lowest BCUT2D eigenvalue weighted by Gasteiger charge is -2.39. The second-order valence-corrected chi connectivity index (χ2v) is 15.1. The summed E-state index contributed by atoms with van der Waals surface area (Å²) in [6.45, 7) is 0. The first-order chi connectivity index (χ1) is 28.2. The quantitative estimate of drug-likeness (QED) is 0.176. The van der Waals surface area contributed by atoms with Crippen molar-refractivity contribution in [1.29, 1.82) is 0 Å². The molecule has 1 aliphatic carbocycles. The Labute approximate surface area is 333 Å². The van der Waals surface area contributed by atoms with Gasteiger partial charge in [-0.25, -0.2) is 4.99 Å². The van der Waals surface area contributed by atoms with Crippen molar-refractivity contribution in [2.24, 2.45) is 4.99 Å². The first kappa shape index (κ1) is 33.1. The third-order valence-electron chi connectivity index (χ3n) is 12.0. The van der Waals surface area contributed by atoms with Crippen molar-refractivity contribution < 1.29 is 4.74 Å². The predicted molar refractivity (Wildman–Crippen MR) is 233 cm³/mol. The average molecular weight is 731 g/mol. The third kappa shape index (κ3) is 5.23. The fraction of sp³-hybridized carbons (Fsp3) is 0.0556. The first-order valence-electron chi connectivity index (χ1n) is 19.6. The van der Waals surface area contributed by atoms with Crippen molar-refractivity contribution in [1.82, 2.24) is 4.90 Å². The van der Waals surface area contributed by atoms with Crippen molar-refractivity contribution in [3.05, 3.63) is 245 Å². The number of fused-ring (bicyclic) bond motifs is 9. The predicted octanol–water partition coefficient (Wildman–Crippen LogP) is 13.0. The van der Waals surface area contributed by atoms with Crippen molar-refractivity contribution in [3.8, 4) is 44.9 Å².